The van der Waals surface area contributed by atoms with E-state index in [1.807, 2.05) is 42.5 Å². The van der Waals surface area contributed by atoms with Gasteiger partial charge < -0.3 is 11.1 Å². The first-order valence-corrected chi connectivity index (χ1v) is 7.60. The number of anilines is 2. The lowest BCUT2D eigenvalue weighted by Gasteiger charge is -2.24. The highest BCUT2D eigenvalue weighted by atomic mass is 35.5. The predicted octanol–water partition coefficient (Wildman–Crippen LogP) is 3.57. The Balaban J connectivity index is 1.82. The highest BCUT2D eigenvalue weighted by molar-refractivity contribution is 6.30. The molecule has 2 heterocycles. The number of rotatable bonds is 2. The quantitative estimate of drug-likeness (QED) is 0.756. The van der Waals surface area contributed by atoms with E-state index in [1.54, 1.807) is 4.68 Å². The maximum absolute atomic E-state index is 5.98. The zero-order valence-electron chi connectivity index (χ0n) is 12.1. The lowest BCUT2D eigenvalue weighted by molar-refractivity contribution is 0.614. The predicted molar refractivity (Wildman–Crippen MR) is 92.1 cm³/mol. The Morgan fingerprint density at radius 3 is 2.52 bits per heavy atom. The van der Waals surface area contributed by atoms with E-state index in [-0.39, 0.29) is 12.0 Å². The summed E-state index contributed by atoms with van der Waals surface area (Å²) in [7, 11) is 0. The number of hydrogen-bond donors (Lipinski definition) is 2. The second-order valence-corrected chi connectivity index (χ2v) is 5.74. The van der Waals surface area contributed by atoms with Crippen molar-refractivity contribution in [2.24, 2.45) is 0 Å². The molecule has 5 nitrogen and oxygen atoms in total. The standard InChI is InChI=1S/C17H14ClN5/c18-13-8-6-11(7-9-13)14-10-15(12-4-2-1-3-5-12)23-17(20-14)21-16(19)22-23/h1-10,15H,(H3,19,20,21,22). The van der Waals surface area contributed by atoms with Crippen LogP contribution in [0.4, 0.5) is 11.9 Å². The molecule has 0 aliphatic carbocycles. The molecule has 4 rings (SSSR count). The van der Waals surface area contributed by atoms with Gasteiger partial charge >= 0.3 is 0 Å². The second-order valence-electron chi connectivity index (χ2n) is 5.31. The highest BCUT2D eigenvalue weighted by Crippen LogP contribution is 2.32. The number of nitrogen functional groups attached to an aromatic ring is 1. The summed E-state index contributed by atoms with van der Waals surface area (Å²) < 4.78 is 1.80. The van der Waals surface area contributed by atoms with Crippen LogP contribution < -0.4 is 11.1 Å². The topological polar surface area (TPSA) is 68.8 Å². The molecule has 1 aromatic heterocycles. The zero-order valence-corrected chi connectivity index (χ0v) is 12.9. The highest BCUT2D eigenvalue weighted by Gasteiger charge is 2.24. The lowest BCUT2D eigenvalue weighted by atomic mass is 10.0. The Kier molecular flexibility index (Phi) is 3.28. The number of fused-ring (bicyclic) bond motifs is 1. The van der Waals surface area contributed by atoms with Crippen molar-refractivity contribution in [1.29, 1.82) is 0 Å². The Morgan fingerprint density at radius 2 is 1.78 bits per heavy atom. The van der Waals surface area contributed by atoms with Crippen molar-refractivity contribution in [2.45, 2.75) is 6.04 Å². The first-order chi connectivity index (χ1) is 11.2. The third-order valence-corrected chi connectivity index (χ3v) is 4.03. The molecular formula is C17H14ClN5. The number of nitrogens with one attached hydrogen (secondary N) is 1. The molecular weight excluding hydrogens is 310 g/mol. The summed E-state index contributed by atoms with van der Waals surface area (Å²) in [4.78, 5) is 4.27. The molecule has 0 saturated carbocycles. The molecule has 3 N–H and O–H groups in total. The Labute approximate surface area is 138 Å². The molecule has 1 aliphatic heterocycles. The number of halogens is 1. The van der Waals surface area contributed by atoms with Crippen LogP contribution in [0.3, 0.4) is 0 Å². The van der Waals surface area contributed by atoms with Crippen LogP contribution in [0.5, 0.6) is 0 Å². The van der Waals surface area contributed by atoms with E-state index < -0.39 is 0 Å². The van der Waals surface area contributed by atoms with Crippen molar-refractivity contribution in [2.75, 3.05) is 11.1 Å². The van der Waals surface area contributed by atoms with Gasteiger partial charge in [0, 0.05) is 10.7 Å². The van der Waals surface area contributed by atoms with Crippen molar-refractivity contribution in [3.63, 3.8) is 0 Å². The van der Waals surface area contributed by atoms with E-state index in [2.05, 4.69) is 33.6 Å². The molecule has 1 aliphatic rings. The van der Waals surface area contributed by atoms with E-state index >= 15 is 0 Å². The Hall–Kier alpha value is -2.79. The van der Waals surface area contributed by atoms with Crippen LogP contribution in [0.1, 0.15) is 17.2 Å². The number of nitrogens with two attached hydrogens (primary N) is 1. The van der Waals surface area contributed by atoms with Crippen molar-refractivity contribution < 1.29 is 0 Å². The van der Waals surface area contributed by atoms with Crippen LogP contribution in [0.2, 0.25) is 5.02 Å². The minimum Gasteiger partial charge on any atom is -0.366 e. The lowest BCUT2D eigenvalue weighted by Crippen LogP contribution is -2.20. The minimum atomic E-state index is -0.0667. The summed E-state index contributed by atoms with van der Waals surface area (Å²) in [5.41, 5.74) is 8.88. The van der Waals surface area contributed by atoms with Crippen LogP contribution in [0, 0.1) is 0 Å². The molecule has 3 aromatic rings. The van der Waals surface area contributed by atoms with Crippen LogP contribution in [-0.2, 0) is 0 Å². The molecule has 0 radical (unpaired) electrons. The van der Waals surface area contributed by atoms with Crippen LogP contribution >= 0.6 is 11.6 Å². The van der Waals surface area contributed by atoms with Gasteiger partial charge in [0.1, 0.15) is 6.04 Å². The molecule has 6 heteroatoms. The third kappa shape index (κ3) is 2.55. The fourth-order valence-electron chi connectivity index (χ4n) is 2.70. The summed E-state index contributed by atoms with van der Waals surface area (Å²) in [5.74, 6) is 0.878. The maximum Gasteiger partial charge on any atom is 0.241 e. The molecule has 1 atom stereocenters. The van der Waals surface area contributed by atoms with Crippen LogP contribution in [-0.4, -0.2) is 14.8 Å². The van der Waals surface area contributed by atoms with Crippen molar-refractivity contribution in [3.8, 4) is 0 Å². The third-order valence-electron chi connectivity index (χ3n) is 3.78. The molecule has 0 bridgehead atoms. The van der Waals surface area contributed by atoms with Crippen molar-refractivity contribution in [3.05, 3.63) is 76.8 Å². The van der Waals surface area contributed by atoms with Crippen LogP contribution in [0.15, 0.2) is 60.7 Å². The van der Waals surface area contributed by atoms with Gasteiger partial charge in [0.25, 0.3) is 0 Å². The summed E-state index contributed by atoms with van der Waals surface area (Å²) in [5, 5.41) is 8.29. The van der Waals surface area contributed by atoms with E-state index in [4.69, 9.17) is 17.3 Å². The average Bonchev–Trinajstić information content (AvgIpc) is 2.95. The molecule has 2 aromatic carbocycles. The number of benzene rings is 2. The molecule has 114 valence electrons. The Bertz CT molecular complexity index is 868. The van der Waals surface area contributed by atoms with Gasteiger partial charge in [0.2, 0.25) is 11.9 Å². The maximum atomic E-state index is 5.98. The van der Waals surface area contributed by atoms with Gasteiger partial charge in [-0.15, -0.1) is 5.10 Å². The van der Waals surface area contributed by atoms with E-state index in [0.29, 0.717) is 11.0 Å². The second kappa shape index (κ2) is 5.44. The summed E-state index contributed by atoms with van der Waals surface area (Å²) in [6.45, 7) is 0. The van der Waals surface area contributed by atoms with Gasteiger partial charge in [-0.3, -0.25) is 0 Å². The summed E-state index contributed by atoms with van der Waals surface area (Å²) in [6, 6.07) is 17.7. The van der Waals surface area contributed by atoms with E-state index in [0.717, 1.165) is 16.8 Å². The van der Waals surface area contributed by atoms with Gasteiger partial charge in [-0.2, -0.15) is 4.98 Å². The normalized spacial score (nSPS) is 16.4. The number of aromatic nitrogens is 3. The first kappa shape index (κ1) is 13.8. The molecule has 1 unspecified atom stereocenters. The fourth-order valence-corrected chi connectivity index (χ4v) is 2.82. The molecule has 0 fully saturated rings. The monoisotopic (exact) mass is 323 g/mol. The Morgan fingerprint density at radius 1 is 1.04 bits per heavy atom. The molecule has 0 amide bonds. The van der Waals surface area contributed by atoms with Gasteiger partial charge in [0.05, 0.1) is 0 Å². The largest absolute Gasteiger partial charge is 0.366 e. The number of nitrogens with zero attached hydrogens (tertiary/aromatic N) is 3. The molecule has 0 saturated heterocycles. The minimum absolute atomic E-state index is 0.0667. The SMILES string of the molecule is Nc1nc2n(n1)C(c1ccccc1)C=C(c1ccc(Cl)cc1)N2. The van der Waals surface area contributed by atoms with Crippen molar-refractivity contribution >= 4 is 29.2 Å². The summed E-state index contributed by atoms with van der Waals surface area (Å²) in [6.07, 6.45) is 2.11. The van der Waals surface area contributed by atoms with Crippen LogP contribution in [0.25, 0.3) is 5.70 Å². The smallest absolute Gasteiger partial charge is 0.241 e. The van der Waals surface area contributed by atoms with Crippen molar-refractivity contribution in [1.82, 2.24) is 14.8 Å². The van der Waals surface area contributed by atoms with E-state index in [1.165, 1.54) is 0 Å². The molecule has 23 heavy (non-hydrogen) atoms. The summed E-state index contributed by atoms with van der Waals surface area (Å²) >= 11 is 5.98. The van der Waals surface area contributed by atoms with Gasteiger partial charge in [0.15, 0.2) is 0 Å². The van der Waals surface area contributed by atoms with Gasteiger partial charge in [-0.25, -0.2) is 4.68 Å². The number of hydrogen-bond acceptors (Lipinski definition) is 4. The average molecular weight is 324 g/mol. The fraction of sp³-hybridized carbons (Fsp3) is 0.0588. The van der Waals surface area contributed by atoms with Gasteiger partial charge in [-0.05, 0) is 29.3 Å². The molecule has 0 spiro atoms. The van der Waals surface area contributed by atoms with E-state index in [9.17, 15) is 0 Å². The number of allylic oxidation sites excluding steroid dienone is 1. The van der Waals surface area contributed by atoms with Gasteiger partial charge in [-0.1, -0.05) is 54.1 Å². The zero-order chi connectivity index (χ0) is 15.8. The first-order valence-electron chi connectivity index (χ1n) is 7.22.